The number of pyridine rings is 1. The minimum atomic E-state index is -2.38. The van der Waals surface area contributed by atoms with Gasteiger partial charge in [-0.15, -0.1) is 0 Å². The molecule has 2 heterocycles. The molecule has 1 N–H and O–H groups in total. The normalized spacial score (nSPS) is 13.0. The van der Waals surface area contributed by atoms with Gasteiger partial charge in [0.15, 0.2) is 0 Å². The summed E-state index contributed by atoms with van der Waals surface area (Å²) in [6.07, 6.45) is 1.77. The van der Waals surface area contributed by atoms with Crippen LogP contribution in [-0.2, 0) is 10.8 Å². The van der Waals surface area contributed by atoms with E-state index in [0.717, 1.165) is 44.6 Å². The van der Waals surface area contributed by atoms with Gasteiger partial charge in [0, 0.05) is 27.0 Å². The monoisotopic (exact) mass is 720 g/mol. The number of fused-ring (bicyclic) bond motifs is 1. The minimum Gasteiger partial charge on any atom is -0.507 e. The van der Waals surface area contributed by atoms with Gasteiger partial charge in [0.1, 0.15) is 11.6 Å². The van der Waals surface area contributed by atoms with E-state index < -0.39 is 6.85 Å². The lowest BCUT2D eigenvalue weighted by atomic mass is 9.84. The van der Waals surface area contributed by atoms with Crippen molar-refractivity contribution in [3.05, 3.63) is 168 Å². The minimum absolute atomic E-state index is 0.102. The first-order chi connectivity index (χ1) is 27.6. The molecule has 6 aromatic carbocycles. The molecule has 55 heavy (non-hydrogen) atoms. The molecule has 8 aromatic rings. The van der Waals surface area contributed by atoms with E-state index in [2.05, 4.69) is 76.4 Å². The summed E-state index contributed by atoms with van der Waals surface area (Å²) in [7, 11) is 0. The SMILES string of the molecule is [2H]C([2H])([2H])c1cc(-c2cc(-c3ccccc3)ccn2)cc(-c2cccc3c2nc(-c2cc(C(C)(C)C)ccc2O)n3-c2ccc(C(C)(C)C)cc2-c2ccccc2)c1. The van der Waals surface area contributed by atoms with Crippen LogP contribution in [0.2, 0.25) is 0 Å². The lowest BCUT2D eigenvalue weighted by molar-refractivity contribution is 0.475. The number of hydrogen-bond acceptors (Lipinski definition) is 3. The van der Waals surface area contributed by atoms with Crippen molar-refractivity contribution in [3.63, 3.8) is 0 Å². The van der Waals surface area contributed by atoms with Crippen molar-refractivity contribution in [2.24, 2.45) is 0 Å². The standard InChI is InChI=1S/C51H47N3O/c1-33-27-37(29-38(28-33)44-30-36(25-26-52-44)34-15-10-8-11-16-34)41-19-14-20-46-48(41)53-49(43-32-40(51(5,6)7)22-24-47(43)55)54(46)45-23-21-39(50(2,3)4)31-42(45)35-17-12-9-13-18-35/h8-32,55H,1-7H3/i1D3. The maximum atomic E-state index is 11.6. The summed E-state index contributed by atoms with van der Waals surface area (Å²) in [5, 5.41) is 11.6. The fraction of sp³-hybridized carbons (Fsp3) is 0.176. The van der Waals surface area contributed by atoms with Gasteiger partial charge >= 0.3 is 0 Å². The van der Waals surface area contributed by atoms with Gasteiger partial charge in [0.05, 0.1) is 28.0 Å². The molecule has 8 rings (SSSR count). The molecular formula is C51H47N3O. The van der Waals surface area contributed by atoms with Crippen LogP contribution >= 0.6 is 0 Å². The van der Waals surface area contributed by atoms with Gasteiger partial charge in [0.2, 0.25) is 0 Å². The zero-order valence-corrected chi connectivity index (χ0v) is 32.2. The number of benzene rings is 6. The van der Waals surface area contributed by atoms with Gasteiger partial charge in [-0.05, 0) is 111 Å². The molecule has 0 saturated carbocycles. The average molecular weight is 721 g/mol. The first kappa shape index (κ1) is 32.2. The van der Waals surface area contributed by atoms with E-state index in [1.54, 1.807) is 24.4 Å². The summed E-state index contributed by atoms with van der Waals surface area (Å²) >= 11 is 0. The van der Waals surface area contributed by atoms with Crippen LogP contribution < -0.4 is 0 Å². The van der Waals surface area contributed by atoms with Crippen molar-refractivity contribution >= 4 is 11.0 Å². The molecule has 0 bridgehead atoms. The Balaban J connectivity index is 1.43. The van der Waals surface area contributed by atoms with E-state index in [1.807, 2.05) is 97.1 Å². The van der Waals surface area contributed by atoms with E-state index in [-0.39, 0.29) is 22.1 Å². The van der Waals surface area contributed by atoms with Gasteiger partial charge in [-0.1, -0.05) is 133 Å². The van der Waals surface area contributed by atoms with Crippen LogP contribution in [0.5, 0.6) is 5.75 Å². The Bertz CT molecular complexity index is 2790. The number of hydrogen-bond donors (Lipinski definition) is 1. The first-order valence-electron chi connectivity index (χ1n) is 20.3. The van der Waals surface area contributed by atoms with Crippen LogP contribution in [0.3, 0.4) is 0 Å². The Hall–Kier alpha value is -6.26. The third kappa shape index (κ3) is 6.97. The van der Waals surface area contributed by atoms with E-state index in [9.17, 15) is 5.11 Å². The third-order valence-corrected chi connectivity index (χ3v) is 10.4. The number of phenolic OH excluding ortho intramolecular Hbond substituents is 1. The number of nitrogens with zero attached hydrogens (tertiary/aromatic N) is 3. The van der Waals surface area contributed by atoms with Crippen molar-refractivity contribution in [2.75, 3.05) is 0 Å². The van der Waals surface area contributed by atoms with Gasteiger partial charge < -0.3 is 5.11 Å². The Morgan fingerprint density at radius 2 is 1.20 bits per heavy atom. The van der Waals surface area contributed by atoms with Crippen molar-refractivity contribution in [1.82, 2.24) is 14.5 Å². The molecule has 0 atom stereocenters. The number of phenols is 1. The zero-order chi connectivity index (χ0) is 41.0. The van der Waals surface area contributed by atoms with Crippen LogP contribution in [0.15, 0.2) is 152 Å². The lowest BCUT2D eigenvalue weighted by Crippen LogP contribution is -2.12. The summed E-state index contributed by atoms with van der Waals surface area (Å²) in [6.45, 7) is 10.7. The molecule has 0 aliphatic rings. The van der Waals surface area contributed by atoms with Gasteiger partial charge in [0.25, 0.3) is 0 Å². The van der Waals surface area contributed by atoms with Crippen LogP contribution in [0.25, 0.3) is 72.7 Å². The Kier molecular flexibility index (Phi) is 8.11. The predicted octanol–water partition coefficient (Wildman–Crippen LogP) is 13.4. The van der Waals surface area contributed by atoms with Crippen LogP contribution in [0, 0.1) is 6.85 Å². The zero-order valence-electron chi connectivity index (χ0n) is 35.2. The van der Waals surface area contributed by atoms with Crippen LogP contribution in [0.4, 0.5) is 0 Å². The second kappa shape index (κ2) is 13.9. The molecule has 0 fully saturated rings. The molecule has 272 valence electrons. The summed E-state index contributed by atoms with van der Waals surface area (Å²) in [6, 6.07) is 48.3. The molecule has 0 saturated heterocycles. The second-order valence-electron chi connectivity index (χ2n) is 16.4. The van der Waals surface area contributed by atoms with Crippen molar-refractivity contribution in [1.29, 1.82) is 0 Å². The molecule has 0 spiro atoms. The van der Waals surface area contributed by atoms with E-state index >= 15 is 0 Å². The summed E-state index contributed by atoms with van der Waals surface area (Å²) in [4.78, 5) is 10.1. The van der Waals surface area contributed by atoms with Crippen molar-refractivity contribution in [2.45, 2.75) is 59.2 Å². The molecule has 2 aromatic heterocycles. The Labute approximate surface area is 329 Å². The number of aromatic nitrogens is 3. The number of aryl methyl sites for hydroxylation is 1. The number of imidazole rings is 1. The van der Waals surface area contributed by atoms with Gasteiger partial charge in [-0.2, -0.15) is 0 Å². The summed E-state index contributed by atoms with van der Waals surface area (Å²) in [5.41, 5.74) is 12.1. The smallest absolute Gasteiger partial charge is 0.149 e. The largest absolute Gasteiger partial charge is 0.507 e. The molecule has 0 aliphatic heterocycles. The second-order valence-corrected chi connectivity index (χ2v) is 16.4. The molecule has 0 amide bonds. The molecule has 4 heteroatoms. The highest BCUT2D eigenvalue weighted by atomic mass is 16.3. The topological polar surface area (TPSA) is 50.9 Å². The van der Waals surface area contributed by atoms with Crippen LogP contribution in [-0.4, -0.2) is 19.6 Å². The fourth-order valence-corrected chi connectivity index (χ4v) is 7.31. The summed E-state index contributed by atoms with van der Waals surface area (Å²) < 4.78 is 27.7. The first-order valence-corrected chi connectivity index (χ1v) is 18.8. The van der Waals surface area contributed by atoms with Gasteiger partial charge in [-0.25, -0.2) is 4.98 Å². The number of aromatic hydroxyl groups is 1. The quantitative estimate of drug-likeness (QED) is 0.186. The molecule has 0 aliphatic carbocycles. The van der Waals surface area contributed by atoms with Crippen molar-refractivity contribution < 1.29 is 9.22 Å². The number of rotatable bonds is 6. The van der Waals surface area contributed by atoms with E-state index in [4.69, 9.17) is 14.1 Å². The van der Waals surface area contributed by atoms with Crippen molar-refractivity contribution in [3.8, 4) is 67.5 Å². The lowest BCUT2D eigenvalue weighted by Gasteiger charge is -2.23. The highest BCUT2D eigenvalue weighted by Gasteiger charge is 2.25. The molecule has 4 nitrogen and oxygen atoms in total. The van der Waals surface area contributed by atoms with E-state index in [0.29, 0.717) is 33.7 Å². The molecule has 0 radical (unpaired) electrons. The predicted molar refractivity (Wildman–Crippen MR) is 230 cm³/mol. The Morgan fingerprint density at radius 1 is 0.545 bits per heavy atom. The Morgan fingerprint density at radius 3 is 1.89 bits per heavy atom. The van der Waals surface area contributed by atoms with E-state index in [1.165, 1.54) is 5.56 Å². The maximum Gasteiger partial charge on any atom is 0.149 e. The highest BCUT2D eigenvalue weighted by Crippen LogP contribution is 2.42. The summed E-state index contributed by atoms with van der Waals surface area (Å²) in [5.74, 6) is 0.700. The fourth-order valence-electron chi connectivity index (χ4n) is 7.31. The number of para-hydroxylation sites is 1. The average Bonchev–Trinajstić information content (AvgIpc) is 3.59. The van der Waals surface area contributed by atoms with Crippen LogP contribution in [0.1, 0.15) is 62.3 Å². The third-order valence-electron chi connectivity index (χ3n) is 10.4. The molecule has 0 unspecified atom stereocenters. The highest BCUT2D eigenvalue weighted by molar-refractivity contribution is 5.97. The maximum absolute atomic E-state index is 11.6. The van der Waals surface area contributed by atoms with Gasteiger partial charge in [-0.3, -0.25) is 9.55 Å². The molecular weight excluding hydrogens is 671 g/mol.